The van der Waals surface area contributed by atoms with Gasteiger partial charge in [-0.15, -0.1) is 0 Å². The molecular formula is C9H21N3. The van der Waals surface area contributed by atoms with Crippen LogP contribution in [0.2, 0.25) is 0 Å². The van der Waals surface area contributed by atoms with E-state index in [0.29, 0.717) is 12.1 Å². The summed E-state index contributed by atoms with van der Waals surface area (Å²) in [5.74, 6) is 0. The first kappa shape index (κ1) is 9.96. The largest absolute Gasteiger partial charge is 0.326 e. The molecule has 72 valence electrons. The van der Waals surface area contributed by atoms with Gasteiger partial charge in [0.1, 0.15) is 0 Å². The second-order valence-corrected chi connectivity index (χ2v) is 3.78. The molecule has 3 N–H and O–H groups in total. The normalized spacial score (nSPS) is 28.8. The molecule has 3 nitrogen and oxygen atoms in total. The van der Waals surface area contributed by atoms with Gasteiger partial charge in [0.2, 0.25) is 0 Å². The summed E-state index contributed by atoms with van der Waals surface area (Å²) in [5.41, 5.74) is 6.03. The monoisotopic (exact) mass is 171 g/mol. The van der Waals surface area contributed by atoms with E-state index in [1.165, 1.54) is 6.42 Å². The Morgan fingerprint density at radius 2 is 2.42 bits per heavy atom. The number of hydrogen-bond donors (Lipinski definition) is 2. The quantitative estimate of drug-likeness (QED) is 0.629. The van der Waals surface area contributed by atoms with Gasteiger partial charge in [0.25, 0.3) is 0 Å². The zero-order chi connectivity index (χ0) is 8.97. The lowest BCUT2D eigenvalue weighted by Crippen LogP contribution is -2.56. The van der Waals surface area contributed by atoms with Gasteiger partial charge in [-0.25, -0.2) is 0 Å². The highest BCUT2D eigenvalue weighted by Crippen LogP contribution is 2.04. The van der Waals surface area contributed by atoms with E-state index in [9.17, 15) is 0 Å². The molecule has 0 radical (unpaired) electrons. The first-order valence-corrected chi connectivity index (χ1v) is 4.91. The third kappa shape index (κ3) is 2.73. The van der Waals surface area contributed by atoms with Crippen LogP contribution in [0.1, 0.15) is 19.8 Å². The standard InChI is InChI=1S/C9H21N3/c1-3-4-8(10)9-7-12(2)6-5-11-9/h8-9,11H,3-7,10H2,1-2H3. The predicted molar refractivity (Wildman–Crippen MR) is 52.2 cm³/mol. The molecule has 1 fully saturated rings. The van der Waals surface area contributed by atoms with Crippen LogP contribution >= 0.6 is 0 Å². The maximum absolute atomic E-state index is 6.03. The second-order valence-electron chi connectivity index (χ2n) is 3.78. The highest BCUT2D eigenvalue weighted by Gasteiger charge is 2.21. The molecule has 2 unspecified atom stereocenters. The number of piperazine rings is 1. The van der Waals surface area contributed by atoms with Crippen LogP contribution in [0.4, 0.5) is 0 Å². The Bertz CT molecular complexity index is 127. The highest BCUT2D eigenvalue weighted by molar-refractivity contribution is 4.85. The number of nitrogens with two attached hydrogens (primary N) is 1. The minimum absolute atomic E-state index is 0.331. The van der Waals surface area contributed by atoms with Crippen LogP contribution < -0.4 is 11.1 Å². The topological polar surface area (TPSA) is 41.3 Å². The van der Waals surface area contributed by atoms with Crippen LogP contribution in [0.15, 0.2) is 0 Å². The minimum atomic E-state index is 0.331. The number of hydrogen-bond acceptors (Lipinski definition) is 3. The third-order valence-corrected chi connectivity index (χ3v) is 2.55. The van der Waals surface area contributed by atoms with E-state index in [0.717, 1.165) is 26.1 Å². The molecule has 0 spiro atoms. The van der Waals surface area contributed by atoms with Gasteiger partial charge in [-0.3, -0.25) is 0 Å². The van der Waals surface area contributed by atoms with Crippen molar-refractivity contribution in [1.29, 1.82) is 0 Å². The van der Waals surface area contributed by atoms with E-state index in [4.69, 9.17) is 5.73 Å². The van der Waals surface area contributed by atoms with Gasteiger partial charge in [-0.05, 0) is 13.5 Å². The number of nitrogens with one attached hydrogen (secondary N) is 1. The zero-order valence-corrected chi connectivity index (χ0v) is 8.21. The fourth-order valence-electron chi connectivity index (χ4n) is 1.75. The summed E-state index contributed by atoms with van der Waals surface area (Å²) in [4.78, 5) is 2.34. The van der Waals surface area contributed by atoms with E-state index >= 15 is 0 Å². The molecule has 1 aliphatic rings. The fourth-order valence-corrected chi connectivity index (χ4v) is 1.75. The van der Waals surface area contributed by atoms with Crippen LogP contribution in [0, 0.1) is 0 Å². The predicted octanol–water partition coefficient (Wildman–Crippen LogP) is 0.0174. The van der Waals surface area contributed by atoms with Crippen molar-refractivity contribution in [2.75, 3.05) is 26.7 Å². The Labute approximate surface area is 75.3 Å². The van der Waals surface area contributed by atoms with Gasteiger partial charge in [-0.1, -0.05) is 13.3 Å². The molecule has 0 aromatic heterocycles. The first-order valence-electron chi connectivity index (χ1n) is 4.91. The molecule has 1 heterocycles. The Morgan fingerprint density at radius 1 is 1.67 bits per heavy atom. The maximum Gasteiger partial charge on any atom is 0.0347 e. The van der Waals surface area contributed by atoms with Crippen molar-refractivity contribution in [1.82, 2.24) is 10.2 Å². The van der Waals surface area contributed by atoms with Gasteiger partial charge in [0.15, 0.2) is 0 Å². The lowest BCUT2D eigenvalue weighted by Gasteiger charge is -2.34. The summed E-state index contributed by atoms with van der Waals surface area (Å²) >= 11 is 0. The van der Waals surface area contributed by atoms with Crippen molar-refractivity contribution in [3.63, 3.8) is 0 Å². The number of nitrogens with zero attached hydrogens (tertiary/aromatic N) is 1. The molecule has 0 aromatic rings. The molecule has 0 bridgehead atoms. The van der Waals surface area contributed by atoms with E-state index in [-0.39, 0.29) is 0 Å². The number of likely N-dealkylation sites (N-methyl/N-ethyl adjacent to an activating group) is 1. The van der Waals surface area contributed by atoms with Crippen molar-refractivity contribution < 1.29 is 0 Å². The molecule has 1 aliphatic heterocycles. The molecule has 3 heteroatoms. The number of rotatable bonds is 3. The minimum Gasteiger partial charge on any atom is -0.326 e. The summed E-state index contributed by atoms with van der Waals surface area (Å²) < 4.78 is 0. The Morgan fingerprint density at radius 3 is 3.00 bits per heavy atom. The van der Waals surface area contributed by atoms with Gasteiger partial charge in [0, 0.05) is 31.7 Å². The van der Waals surface area contributed by atoms with Crippen LogP contribution in [-0.4, -0.2) is 43.7 Å². The molecule has 0 amide bonds. The van der Waals surface area contributed by atoms with Crippen LogP contribution in [0.3, 0.4) is 0 Å². The van der Waals surface area contributed by atoms with Gasteiger partial charge in [0.05, 0.1) is 0 Å². The SMILES string of the molecule is CCCC(N)C1CN(C)CCN1. The zero-order valence-electron chi connectivity index (χ0n) is 8.21. The summed E-state index contributed by atoms with van der Waals surface area (Å²) in [7, 11) is 2.16. The van der Waals surface area contributed by atoms with E-state index in [1.54, 1.807) is 0 Å². The van der Waals surface area contributed by atoms with Crippen molar-refractivity contribution in [3.05, 3.63) is 0 Å². The van der Waals surface area contributed by atoms with Crippen LogP contribution in [0.25, 0.3) is 0 Å². The molecule has 2 atom stereocenters. The van der Waals surface area contributed by atoms with Crippen molar-refractivity contribution in [2.24, 2.45) is 5.73 Å². The average molecular weight is 171 g/mol. The van der Waals surface area contributed by atoms with E-state index in [1.807, 2.05) is 0 Å². The third-order valence-electron chi connectivity index (χ3n) is 2.55. The van der Waals surface area contributed by atoms with Crippen molar-refractivity contribution in [3.8, 4) is 0 Å². The molecule has 0 aliphatic carbocycles. The van der Waals surface area contributed by atoms with E-state index in [2.05, 4.69) is 24.2 Å². The molecule has 0 aromatic carbocycles. The van der Waals surface area contributed by atoms with Gasteiger partial charge >= 0.3 is 0 Å². The summed E-state index contributed by atoms with van der Waals surface area (Å²) in [6, 6.07) is 0.835. The fraction of sp³-hybridized carbons (Fsp3) is 1.00. The summed E-state index contributed by atoms with van der Waals surface area (Å²) in [6.45, 7) is 5.52. The van der Waals surface area contributed by atoms with Crippen LogP contribution in [-0.2, 0) is 0 Å². The lowest BCUT2D eigenvalue weighted by atomic mass is 10.0. The highest BCUT2D eigenvalue weighted by atomic mass is 15.2. The van der Waals surface area contributed by atoms with Gasteiger partial charge < -0.3 is 16.0 Å². The van der Waals surface area contributed by atoms with Crippen molar-refractivity contribution >= 4 is 0 Å². The van der Waals surface area contributed by atoms with E-state index < -0.39 is 0 Å². The summed E-state index contributed by atoms with van der Waals surface area (Å²) in [6.07, 6.45) is 2.31. The molecular weight excluding hydrogens is 150 g/mol. The molecule has 12 heavy (non-hydrogen) atoms. The Balaban J connectivity index is 2.29. The van der Waals surface area contributed by atoms with Crippen molar-refractivity contribution in [2.45, 2.75) is 31.8 Å². The van der Waals surface area contributed by atoms with Crippen LogP contribution in [0.5, 0.6) is 0 Å². The smallest absolute Gasteiger partial charge is 0.0347 e. The summed E-state index contributed by atoms with van der Waals surface area (Å²) in [5, 5.41) is 3.47. The first-order chi connectivity index (χ1) is 5.74. The molecule has 1 saturated heterocycles. The lowest BCUT2D eigenvalue weighted by molar-refractivity contribution is 0.215. The maximum atomic E-state index is 6.03. The Kier molecular flexibility index (Phi) is 3.98. The van der Waals surface area contributed by atoms with Gasteiger partial charge in [-0.2, -0.15) is 0 Å². The Hall–Kier alpha value is -0.120. The molecule has 0 saturated carbocycles. The second kappa shape index (κ2) is 4.80. The average Bonchev–Trinajstić information content (AvgIpc) is 2.05. The molecule has 1 rings (SSSR count).